The second-order valence-electron chi connectivity index (χ2n) is 7.78. The normalized spacial score (nSPS) is 11.0. The monoisotopic (exact) mass is 463 g/mol. The number of anilines is 1. The molecule has 3 aromatic carbocycles. The van der Waals surface area contributed by atoms with Crippen LogP contribution in [0.2, 0.25) is 5.02 Å². The second kappa shape index (κ2) is 9.51. The maximum Gasteiger partial charge on any atom is 0.257 e. The van der Waals surface area contributed by atoms with Gasteiger partial charge in [0.2, 0.25) is 0 Å². The van der Waals surface area contributed by atoms with E-state index in [1.165, 1.54) is 5.56 Å². The van der Waals surface area contributed by atoms with Crippen LogP contribution < -0.4 is 10.6 Å². The predicted octanol–water partition coefficient (Wildman–Crippen LogP) is 6.32. The lowest BCUT2D eigenvalue weighted by molar-refractivity contribution is 0.0977. The summed E-state index contributed by atoms with van der Waals surface area (Å²) in [6.45, 7) is 4.32. The number of amides is 1. The Bertz CT molecular complexity index is 1280. The molecule has 2 N–H and O–H groups in total. The van der Waals surface area contributed by atoms with Gasteiger partial charge in [0.15, 0.2) is 16.6 Å². The Morgan fingerprint density at radius 3 is 2.59 bits per heavy atom. The van der Waals surface area contributed by atoms with E-state index in [0.717, 1.165) is 22.4 Å². The van der Waals surface area contributed by atoms with Gasteiger partial charge in [0.1, 0.15) is 5.52 Å². The van der Waals surface area contributed by atoms with E-state index in [2.05, 4.69) is 41.6 Å². The molecule has 0 saturated heterocycles. The summed E-state index contributed by atoms with van der Waals surface area (Å²) in [4.78, 5) is 16.9. The van der Waals surface area contributed by atoms with Gasteiger partial charge in [-0.3, -0.25) is 10.1 Å². The molecule has 1 heterocycles. The van der Waals surface area contributed by atoms with Gasteiger partial charge in [-0.15, -0.1) is 0 Å². The van der Waals surface area contributed by atoms with Crippen molar-refractivity contribution in [3.05, 3.63) is 94.3 Å². The zero-order valence-corrected chi connectivity index (χ0v) is 19.3. The van der Waals surface area contributed by atoms with Crippen LogP contribution in [0.5, 0.6) is 0 Å². The van der Waals surface area contributed by atoms with Crippen molar-refractivity contribution in [3.8, 4) is 0 Å². The average molecular weight is 464 g/mol. The van der Waals surface area contributed by atoms with Crippen LogP contribution in [-0.2, 0) is 6.42 Å². The van der Waals surface area contributed by atoms with Crippen LogP contribution in [0.3, 0.4) is 0 Å². The summed E-state index contributed by atoms with van der Waals surface area (Å²) >= 11 is 11.2. The van der Waals surface area contributed by atoms with Crippen LogP contribution in [-0.4, -0.2) is 16.0 Å². The minimum absolute atomic E-state index is 0.211. The Hall–Kier alpha value is -3.22. The molecule has 0 atom stereocenters. The van der Waals surface area contributed by atoms with Crippen molar-refractivity contribution in [1.29, 1.82) is 0 Å². The molecule has 4 aromatic rings. The highest BCUT2D eigenvalue weighted by Crippen LogP contribution is 2.23. The summed E-state index contributed by atoms with van der Waals surface area (Å²) in [5.41, 5.74) is 5.18. The van der Waals surface area contributed by atoms with E-state index >= 15 is 0 Å². The summed E-state index contributed by atoms with van der Waals surface area (Å²) in [7, 11) is 0. The van der Waals surface area contributed by atoms with Crippen LogP contribution in [0.25, 0.3) is 11.1 Å². The van der Waals surface area contributed by atoms with Gasteiger partial charge in [0, 0.05) is 22.7 Å². The van der Waals surface area contributed by atoms with Crippen LogP contribution in [0, 0.1) is 0 Å². The number of fused-ring (bicyclic) bond motifs is 1. The van der Waals surface area contributed by atoms with E-state index in [-0.39, 0.29) is 11.0 Å². The predicted molar refractivity (Wildman–Crippen MR) is 132 cm³/mol. The van der Waals surface area contributed by atoms with Crippen LogP contribution in [0.1, 0.15) is 47.1 Å². The second-order valence-corrected chi connectivity index (χ2v) is 8.63. The largest absolute Gasteiger partial charge is 0.440 e. The Balaban J connectivity index is 1.37. The molecule has 1 amide bonds. The third-order valence-electron chi connectivity index (χ3n) is 5.00. The SMILES string of the molecule is CC(C)c1ccc2oc(Cc3ccc(NC(=S)NC(=O)c4cccc(Cl)c4)cc3)nc2c1. The highest BCUT2D eigenvalue weighted by Gasteiger charge is 2.10. The number of aromatic nitrogens is 1. The number of nitrogens with one attached hydrogen (secondary N) is 2. The van der Waals surface area contributed by atoms with Crippen molar-refractivity contribution in [3.63, 3.8) is 0 Å². The molecule has 0 fully saturated rings. The maximum absolute atomic E-state index is 12.3. The number of halogens is 1. The number of hydrogen-bond donors (Lipinski definition) is 2. The van der Waals surface area contributed by atoms with Crippen molar-refractivity contribution in [2.45, 2.75) is 26.2 Å². The molecule has 162 valence electrons. The number of carbonyl (C=O) groups excluding carboxylic acids is 1. The fraction of sp³-hybridized carbons (Fsp3) is 0.160. The fourth-order valence-corrected chi connectivity index (χ4v) is 3.68. The molecule has 0 radical (unpaired) electrons. The van der Waals surface area contributed by atoms with Gasteiger partial charge in [-0.2, -0.15) is 0 Å². The lowest BCUT2D eigenvalue weighted by Gasteiger charge is -2.10. The van der Waals surface area contributed by atoms with Gasteiger partial charge in [-0.05, 0) is 71.7 Å². The van der Waals surface area contributed by atoms with Crippen LogP contribution in [0.4, 0.5) is 5.69 Å². The molecule has 5 nitrogen and oxygen atoms in total. The first kappa shape index (κ1) is 22.0. The lowest BCUT2D eigenvalue weighted by atomic mass is 10.0. The third-order valence-corrected chi connectivity index (χ3v) is 5.44. The first-order valence-corrected chi connectivity index (χ1v) is 11.0. The van der Waals surface area contributed by atoms with Crippen LogP contribution >= 0.6 is 23.8 Å². The minimum atomic E-state index is -0.321. The van der Waals surface area contributed by atoms with Crippen LogP contribution in [0.15, 0.2) is 71.1 Å². The molecule has 0 unspecified atom stereocenters. The summed E-state index contributed by atoms with van der Waals surface area (Å²) in [6, 6.07) is 20.6. The highest BCUT2D eigenvalue weighted by molar-refractivity contribution is 7.80. The van der Waals surface area contributed by atoms with Crippen molar-refractivity contribution in [1.82, 2.24) is 10.3 Å². The summed E-state index contributed by atoms with van der Waals surface area (Å²) in [5, 5.41) is 6.37. The quantitative estimate of drug-likeness (QED) is 0.339. The van der Waals surface area contributed by atoms with E-state index in [0.29, 0.717) is 28.8 Å². The molecule has 32 heavy (non-hydrogen) atoms. The summed E-state index contributed by atoms with van der Waals surface area (Å²) in [6.07, 6.45) is 0.585. The molecule has 0 bridgehead atoms. The summed E-state index contributed by atoms with van der Waals surface area (Å²) < 4.78 is 5.89. The van der Waals surface area contributed by atoms with Gasteiger partial charge in [0.25, 0.3) is 5.91 Å². The number of thiocarbonyl (C=S) groups is 1. The van der Waals surface area contributed by atoms with Gasteiger partial charge < -0.3 is 9.73 Å². The lowest BCUT2D eigenvalue weighted by Crippen LogP contribution is -2.34. The molecular formula is C25H22ClN3O2S. The Kier molecular flexibility index (Phi) is 6.53. The zero-order valence-electron chi connectivity index (χ0n) is 17.7. The minimum Gasteiger partial charge on any atom is -0.440 e. The number of rotatable bonds is 5. The maximum atomic E-state index is 12.3. The average Bonchev–Trinajstić information content (AvgIpc) is 3.16. The number of carbonyl (C=O) groups is 1. The molecule has 7 heteroatoms. The Morgan fingerprint density at radius 2 is 1.88 bits per heavy atom. The van der Waals surface area contributed by atoms with Gasteiger partial charge in [0.05, 0.1) is 0 Å². The topological polar surface area (TPSA) is 67.2 Å². The van der Waals surface area contributed by atoms with Crippen molar-refractivity contribution in [2.24, 2.45) is 0 Å². The van der Waals surface area contributed by atoms with E-state index < -0.39 is 0 Å². The third kappa shape index (κ3) is 5.33. The number of nitrogens with zero attached hydrogens (tertiary/aromatic N) is 1. The van der Waals surface area contributed by atoms with Gasteiger partial charge in [-0.1, -0.05) is 49.7 Å². The summed E-state index contributed by atoms with van der Waals surface area (Å²) in [5.74, 6) is 0.796. The van der Waals surface area contributed by atoms with Crippen molar-refractivity contribution in [2.75, 3.05) is 5.32 Å². The molecule has 0 spiro atoms. The number of benzene rings is 3. The standard InChI is InChI=1S/C25H22ClN3O2S/c1-15(2)17-8-11-22-21(14-17)28-23(31-22)12-16-6-9-20(10-7-16)27-25(32)29-24(30)18-4-3-5-19(26)13-18/h3-11,13-15H,12H2,1-2H3,(H2,27,29,30,32). The molecule has 0 saturated carbocycles. The molecule has 0 aliphatic rings. The smallest absolute Gasteiger partial charge is 0.257 e. The number of oxazole rings is 1. The van der Waals surface area contributed by atoms with E-state index in [1.807, 2.05) is 30.3 Å². The first-order chi connectivity index (χ1) is 15.4. The Labute approximate surface area is 196 Å². The van der Waals surface area contributed by atoms with Crippen molar-refractivity contribution >= 4 is 51.6 Å². The molecule has 0 aliphatic carbocycles. The Morgan fingerprint density at radius 1 is 1.09 bits per heavy atom. The van der Waals surface area contributed by atoms with E-state index in [1.54, 1.807) is 24.3 Å². The zero-order chi connectivity index (χ0) is 22.7. The van der Waals surface area contributed by atoms with Gasteiger partial charge in [-0.25, -0.2) is 4.98 Å². The molecule has 0 aliphatic heterocycles. The molecular weight excluding hydrogens is 442 g/mol. The molecule has 4 rings (SSSR count). The highest BCUT2D eigenvalue weighted by atomic mass is 35.5. The van der Waals surface area contributed by atoms with Crippen molar-refractivity contribution < 1.29 is 9.21 Å². The van der Waals surface area contributed by atoms with E-state index in [4.69, 9.17) is 28.2 Å². The molecule has 1 aromatic heterocycles. The fourth-order valence-electron chi connectivity index (χ4n) is 3.27. The van der Waals surface area contributed by atoms with Gasteiger partial charge >= 0.3 is 0 Å². The number of hydrogen-bond acceptors (Lipinski definition) is 4. The first-order valence-electron chi connectivity index (χ1n) is 10.2. The van der Waals surface area contributed by atoms with E-state index in [9.17, 15) is 4.79 Å².